The van der Waals surface area contributed by atoms with Crippen LogP contribution in [0.5, 0.6) is 0 Å². The van der Waals surface area contributed by atoms with Gasteiger partial charge in [-0.3, -0.25) is 4.90 Å². The molecule has 0 radical (unpaired) electrons. The molecule has 1 aliphatic rings. The Morgan fingerprint density at radius 2 is 1.94 bits per heavy atom. The Morgan fingerprint density at radius 1 is 1.28 bits per heavy atom. The molecule has 1 aromatic heterocycles. The van der Waals surface area contributed by atoms with Crippen LogP contribution in [0.4, 0.5) is 0 Å². The van der Waals surface area contributed by atoms with Crippen LogP contribution in [0.15, 0.2) is 12.4 Å². The van der Waals surface area contributed by atoms with Gasteiger partial charge in [0.25, 0.3) is 0 Å². The lowest BCUT2D eigenvalue weighted by Crippen LogP contribution is -2.48. The molecule has 1 fully saturated rings. The van der Waals surface area contributed by atoms with Gasteiger partial charge in [0.05, 0.1) is 12.8 Å². The number of imidazole rings is 1. The van der Waals surface area contributed by atoms with Gasteiger partial charge in [-0.25, -0.2) is 13.4 Å². The van der Waals surface area contributed by atoms with Crippen molar-refractivity contribution in [2.24, 2.45) is 0 Å². The van der Waals surface area contributed by atoms with E-state index in [0.29, 0.717) is 13.1 Å². The van der Waals surface area contributed by atoms with Crippen molar-refractivity contribution < 1.29 is 8.42 Å². The van der Waals surface area contributed by atoms with Crippen molar-refractivity contribution in [1.82, 2.24) is 18.8 Å². The van der Waals surface area contributed by atoms with E-state index in [-0.39, 0.29) is 0 Å². The summed E-state index contributed by atoms with van der Waals surface area (Å²) in [7, 11) is -3.04. The number of piperazine rings is 1. The van der Waals surface area contributed by atoms with E-state index in [2.05, 4.69) is 21.4 Å². The molecule has 1 saturated heterocycles. The molecular formula is C11H20N4O2S. The summed E-state index contributed by atoms with van der Waals surface area (Å²) in [5.41, 5.74) is 0. The first-order chi connectivity index (χ1) is 8.50. The van der Waals surface area contributed by atoms with Crippen LogP contribution < -0.4 is 0 Å². The maximum absolute atomic E-state index is 11.4. The van der Waals surface area contributed by atoms with Gasteiger partial charge >= 0.3 is 0 Å². The third kappa shape index (κ3) is 3.09. The summed E-state index contributed by atoms with van der Waals surface area (Å²) in [4.78, 5) is 6.58. The molecule has 2 heterocycles. The SMILES string of the molecule is CCn1ccnc1CN1CCN(S(C)(=O)=O)CC1. The second-order valence-corrected chi connectivity index (χ2v) is 6.55. The fraction of sp³-hybridized carbons (Fsp3) is 0.727. The first kappa shape index (κ1) is 13.5. The summed E-state index contributed by atoms with van der Waals surface area (Å²) in [5, 5.41) is 0. The predicted molar refractivity (Wildman–Crippen MR) is 69.6 cm³/mol. The van der Waals surface area contributed by atoms with Gasteiger partial charge in [-0.05, 0) is 6.92 Å². The molecule has 7 heteroatoms. The second kappa shape index (κ2) is 5.38. The maximum atomic E-state index is 11.4. The molecule has 0 saturated carbocycles. The summed E-state index contributed by atoms with van der Waals surface area (Å²) in [6, 6.07) is 0. The van der Waals surface area contributed by atoms with Gasteiger partial charge in [-0.1, -0.05) is 0 Å². The fourth-order valence-electron chi connectivity index (χ4n) is 2.20. The minimum atomic E-state index is -3.04. The molecule has 2 rings (SSSR count). The van der Waals surface area contributed by atoms with Gasteiger partial charge in [0, 0.05) is 45.1 Å². The Bertz CT molecular complexity index is 489. The lowest BCUT2D eigenvalue weighted by Gasteiger charge is -2.32. The van der Waals surface area contributed by atoms with Crippen molar-refractivity contribution in [1.29, 1.82) is 0 Å². The average molecular weight is 272 g/mol. The van der Waals surface area contributed by atoms with Crippen LogP contribution >= 0.6 is 0 Å². The summed E-state index contributed by atoms with van der Waals surface area (Å²) in [6.45, 7) is 6.48. The van der Waals surface area contributed by atoms with E-state index in [0.717, 1.165) is 32.0 Å². The standard InChI is InChI=1S/C11H20N4O2S/c1-3-14-5-4-12-11(14)10-13-6-8-15(9-7-13)18(2,16)17/h4-5H,3,6-10H2,1-2H3. The molecule has 0 bridgehead atoms. The zero-order valence-electron chi connectivity index (χ0n) is 10.9. The van der Waals surface area contributed by atoms with Gasteiger partial charge < -0.3 is 4.57 Å². The maximum Gasteiger partial charge on any atom is 0.211 e. The predicted octanol–water partition coefficient (Wildman–Crippen LogP) is -0.0198. The van der Waals surface area contributed by atoms with Crippen LogP contribution in [0.25, 0.3) is 0 Å². The van der Waals surface area contributed by atoms with E-state index in [9.17, 15) is 8.42 Å². The highest BCUT2D eigenvalue weighted by Gasteiger charge is 2.23. The number of hydrogen-bond acceptors (Lipinski definition) is 4. The zero-order chi connectivity index (χ0) is 13.2. The van der Waals surface area contributed by atoms with Crippen LogP contribution in [0, 0.1) is 0 Å². The van der Waals surface area contributed by atoms with Crippen LogP contribution in [-0.4, -0.2) is 59.6 Å². The average Bonchev–Trinajstić information content (AvgIpc) is 2.76. The zero-order valence-corrected chi connectivity index (χ0v) is 11.7. The summed E-state index contributed by atoms with van der Waals surface area (Å²) >= 11 is 0. The van der Waals surface area contributed by atoms with Gasteiger partial charge in [0.2, 0.25) is 10.0 Å². The molecule has 0 unspecified atom stereocenters. The van der Waals surface area contributed by atoms with Gasteiger partial charge in [-0.15, -0.1) is 0 Å². The highest BCUT2D eigenvalue weighted by Crippen LogP contribution is 2.09. The van der Waals surface area contributed by atoms with Crippen molar-refractivity contribution >= 4 is 10.0 Å². The number of aromatic nitrogens is 2. The highest BCUT2D eigenvalue weighted by atomic mass is 32.2. The minimum absolute atomic E-state index is 0.575. The van der Waals surface area contributed by atoms with Crippen molar-refractivity contribution in [3.63, 3.8) is 0 Å². The number of rotatable bonds is 4. The number of hydrogen-bond donors (Lipinski definition) is 0. The first-order valence-electron chi connectivity index (χ1n) is 6.18. The largest absolute Gasteiger partial charge is 0.334 e. The molecule has 102 valence electrons. The molecule has 0 spiro atoms. The molecule has 0 amide bonds. The molecule has 0 aliphatic carbocycles. The van der Waals surface area contributed by atoms with E-state index in [1.165, 1.54) is 10.6 Å². The first-order valence-corrected chi connectivity index (χ1v) is 8.03. The Labute approximate surface area is 108 Å². The molecular weight excluding hydrogens is 252 g/mol. The van der Waals surface area contributed by atoms with E-state index in [1.54, 1.807) is 0 Å². The third-order valence-electron chi connectivity index (χ3n) is 3.31. The summed E-state index contributed by atoms with van der Waals surface area (Å²) in [5.74, 6) is 1.05. The monoisotopic (exact) mass is 272 g/mol. The van der Waals surface area contributed by atoms with E-state index in [1.807, 2.05) is 12.4 Å². The van der Waals surface area contributed by atoms with E-state index >= 15 is 0 Å². The molecule has 18 heavy (non-hydrogen) atoms. The number of nitrogens with zero attached hydrogens (tertiary/aromatic N) is 4. The van der Waals surface area contributed by atoms with Gasteiger partial charge in [-0.2, -0.15) is 4.31 Å². The van der Waals surface area contributed by atoms with Crippen LogP contribution in [0.2, 0.25) is 0 Å². The van der Waals surface area contributed by atoms with Crippen molar-refractivity contribution in [2.75, 3.05) is 32.4 Å². The van der Waals surface area contributed by atoms with E-state index < -0.39 is 10.0 Å². The van der Waals surface area contributed by atoms with Crippen LogP contribution in [-0.2, 0) is 23.1 Å². The lowest BCUT2D eigenvalue weighted by molar-refractivity contribution is 0.177. The van der Waals surface area contributed by atoms with Gasteiger partial charge in [0.15, 0.2) is 0 Å². The fourth-order valence-corrected chi connectivity index (χ4v) is 3.03. The summed E-state index contributed by atoms with van der Waals surface area (Å²) in [6.07, 6.45) is 5.06. The Hall–Kier alpha value is -0.920. The molecule has 0 atom stereocenters. The molecule has 6 nitrogen and oxygen atoms in total. The van der Waals surface area contributed by atoms with Crippen molar-refractivity contribution in [2.45, 2.75) is 20.0 Å². The van der Waals surface area contributed by atoms with E-state index in [4.69, 9.17) is 0 Å². The number of aryl methyl sites for hydroxylation is 1. The molecule has 1 aromatic rings. The smallest absolute Gasteiger partial charge is 0.211 e. The Balaban J connectivity index is 1.91. The highest BCUT2D eigenvalue weighted by molar-refractivity contribution is 7.88. The molecule has 1 aliphatic heterocycles. The minimum Gasteiger partial charge on any atom is -0.334 e. The second-order valence-electron chi connectivity index (χ2n) is 4.57. The normalized spacial score (nSPS) is 19.2. The lowest BCUT2D eigenvalue weighted by atomic mass is 10.3. The van der Waals surface area contributed by atoms with Crippen LogP contribution in [0.3, 0.4) is 0 Å². The third-order valence-corrected chi connectivity index (χ3v) is 4.61. The van der Waals surface area contributed by atoms with Crippen molar-refractivity contribution in [3.05, 3.63) is 18.2 Å². The quantitative estimate of drug-likeness (QED) is 0.773. The Morgan fingerprint density at radius 3 is 2.50 bits per heavy atom. The van der Waals surface area contributed by atoms with Crippen LogP contribution in [0.1, 0.15) is 12.7 Å². The molecule has 0 N–H and O–H groups in total. The molecule has 0 aromatic carbocycles. The number of sulfonamides is 1. The summed E-state index contributed by atoms with van der Waals surface area (Å²) < 4.78 is 26.5. The van der Waals surface area contributed by atoms with Gasteiger partial charge in [0.1, 0.15) is 5.82 Å². The topological polar surface area (TPSA) is 58.4 Å². The Kier molecular flexibility index (Phi) is 4.04. The van der Waals surface area contributed by atoms with Crippen molar-refractivity contribution in [3.8, 4) is 0 Å².